The molecule has 3 heteroatoms. The van der Waals surface area contributed by atoms with E-state index >= 15 is 0 Å². The fourth-order valence-electron chi connectivity index (χ4n) is 1.38. The van der Waals surface area contributed by atoms with Crippen molar-refractivity contribution in [3.05, 3.63) is 0 Å². The largest absolute Gasteiger partial charge is 0.466 e. The Morgan fingerprint density at radius 1 is 1.73 bits per heavy atom. The molecule has 11 heavy (non-hydrogen) atoms. The van der Waals surface area contributed by atoms with E-state index in [1.165, 1.54) is 0 Å². The molecule has 1 saturated heterocycles. The zero-order chi connectivity index (χ0) is 8.32. The molecular weight excluding hydrogens is 144 g/mol. The van der Waals surface area contributed by atoms with Crippen LogP contribution in [0.25, 0.3) is 0 Å². The third kappa shape index (κ3) is 2.19. The molecule has 0 amide bonds. The van der Waals surface area contributed by atoms with Crippen molar-refractivity contribution in [2.45, 2.75) is 26.2 Å². The maximum absolute atomic E-state index is 10.8. The normalized spacial score (nSPS) is 31.6. The van der Waals surface area contributed by atoms with Gasteiger partial charge in [-0.3, -0.25) is 4.79 Å². The Morgan fingerprint density at radius 3 is 3.00 bits per heavy atom. The van der Waals surface area contributed by atoms with Crippen LogP contribution in [0.1, 0.15) is 26.2 Å². The van der Waals surface area contributed by atoms with Gasteiger partial charge in [-0.2, -0.15) is 0 Å². The predicted molar refractivity (Wildman–Crippen MR) is 40.0 cm³/mol. The van der Waals surface area contributed by atoms with Crippen LogP contribution < -0.4 is 0 Å². The highest BCUT2D eigenvalue weighted by Crippen LogP contribution is 2.33. The number of rotatable bonds is 2. The summed E-state index contributed by atoms with van der Waals surface area (Å²) < 4.78 is 4.80. The molecule has 0 bridgehead atoms. The number of hydrogen-bond donors (Lipinski definition) is 1. The second-order valence-electron chi connectivity index (χ2n) is 3.43. The summed E-state index contributed by atoms with van der Waals surface area (Å²) in [7, 11) is 0. The van der Waals surface area contributed by atoms with Gasteiger partial charge in [0.2, 0.25) is 0 Å². The molecule has 1 rings (SSSR count). The van der Waals surface area contributed by atoms with E-state index in [1.54, 1.807) is 0 Å². The van der Waals surface area contributed by atoms with E-state index in [2.05, 4.69) is 0 Å². The minimum atomic E-state index is -0.132. The summed E-state index contributed by atoms with van der Waals surface area (Å²) in [6.07, 6.45) is 2.02. The van der Waals surface area contributed by atoms with Crippen LogP contribution in [-0.2, 0) is 9.53 Å². The smallest absolute Gasteiger partial charge is 0.306 e. The molecule has 0 aromatic carbocycles. The van der Waals surface area contributed by atoms with Crippen molar-refractivity contribution >= 4 is 5.97 Å². The van der Waals surface area contributed by atoms with Crippen LogP contribution in [0.4, 0.5) is 0 Å². The second kappa shape index (κ2) is 3.22. The lowest BCUT2D eigenvalue weighted by Crippen LogP contribution is -2.30. The van der Waals surface area contributed by atoms with Crippen LogP contribution in [-0.4, -0.2) is 24.3 Å². The number of carbonyl (C=O) groups excluding carboxylic acids is 1. The van der Waals surface area contributed by atoms with Gasteiger partial charge in [0.25, 0.3) is 0 Å². The molecule has 1 N–H and O–H groups in total. The molecule has 1 aliphatic heterocycles. The summed E-state index contributed by atoms with van der Waals surface area (Å²) in [6.45, 7) is 2.68. The van der Waals surface area contributed by atoms with Gasteiger partial charge in [0.15, 0.2) is 0 Å². The lowest BCUT2D eigenvalue weighted by molar-refractivity contribution is -0.153. The molecule has 0 aromatic heterocycles. The second-order valence-corrected chi connectivity index (χ2v) is 3.43. The summed E-state index contributed by atoms with van der Waals surface area (Å²) in [5, 5.41) is 8.72. The maximum Gasteiger partial charge on any atom is 0.306 e. The van der Waals surface area contributed by atoms with Gasteiger partial charge in [0, 0.05) is 6.61 Å². The van der Waals surface area contributed by atoms with Gasteiger partial charge in [-0.1, -0.05) is 6.92 Å². The molecule has 1 aliphatic rings. The van der Waals surface area contributed by atoms with E-state index in [0.29, 0.717) is 19.4 Å². The predicted octanol–water partition coefficient (Wildman–Crippen LogP) is 0.712. The van der Waals surface area contributed by atoms with E-state index in [0.717, 1.165) is 6.42 Å². The molecule has 0 radical (unpaired) electrons. The fraction of sp³-hybridized carbons (Fsp3) is 0.875. The third-order valence-electron chi connectivity index (χ3n) is 2.26. The van der Waals surface area contributed by atoms with Gasteiger partial charge < -0.3 is 9.84 Å². The first-order valence-corrected chi connectivity index (χ1v) is 3.93. The Kier molecular flexibility index (Phi) is 2.49. The molecule has 0 unspecified atom stereocenters. The molecule has 1 fully saturated rings. The van der Waals surface area contributed by atoms with Gasteiger partial charge in [-0.05, 0) is 18.3 Å². The highest BCUT2D eigenvalue weighted by atomic mass is 16.5. The third-order valence-corrected chi connectivity index (χ3v) is 2.26. The van der Waals surface area contributed by atoms with Crippen molar-refractivity contribution in [1.29, 1.82) is 0 Å². The molecule has 1 heterocycles. The number of esters is 1. The average Bonchev–Trinajstić information content (AvgIpc) is 1.86. The summed E-state index contributed by atoms with van der Waals surface area (Å²) in [4.78, 5) is 10.8. The van der Waals surface area contributed by atoms with Gasteiger partial charge in [-0.15, -0.1) is 0 Å². The minimum absolute atomic E-state index is 0.0237. The van der Waals surface area contributed by atoms with E-state index in [1.807, 2.05) is 6.92 Å². The first-order chi connectivity index (χ1) is 5.16. The topological polar surface area (TPSA) is 46.5 Å². The molecule has 0 aromatic rings. The average molecular weight is 158 g/mol. The van der Waals surface area contributed by atoms with Crippen molar-refractivity contribution in [2.24, 2.45) is 5.41 Å². The Bertz CT molecular complexity index is 151. The first-order valence-electron chi connectivity index (χ1n) is 3.93. The van der Waals surface area contributed by atoms with E-state index < -0.39 is 0 Å². The zero-order valence-electron chi connectivity index (χ0n) is 6.80. The molecular formula is C8H14O3. The van der Waals surface area contributed by atoms with Crippen LogP contribution in [0.3, 0.4) is 0 Å². The van der Waals surface area contributed by atoms with Crippen LogP contribution >= 0.6 is 0 Å². The van der Waals surface area contributed by atoms with Crippen LogP contribution in [0, 0.1) is 5.41 Å². The monoisotopic (exact) mass is 158 g/mol. The fourth-order valence-corrected chi connectivity index (χ4v) is 1.38. The van der Waals surface area contributed by atoms with Crippen LogP contribution in [0.15, 0.2) is 0 Å². The lowest BCUT2D eigenvalue weighted by Gasteiger charge is -2.31. The number of hydrogen-bond acceptors (Lipinski definition) is 3. The number of ether oxygens (including phenoxy) is 1. The highest BCUT2D eigenvalue weighted by molar-refractivity contribution is 5.70. The molecule has 0 aliphatic carbocycles. The number of cyclic esters (lactones) is 1. The summed E-state index contributed by atoms with van der Waals surface area (Å²) >= 11 is 0. The number of carbonyl (C=O) groups is 1. The SMILES string of the molecule is C[C@@]1(CCO)CCOC(=O)C1. The Balaban J connectivity index is 2.48. The van der Waals surface area contributed by atoms with Crippen molar-refractivity contribution in [2.75, 3.05) is 13.2 Å². The van der Waals surface area contributed by atoms with Gasteiger partial charge in [-0.25, -0.2) is 0 Å². The van der Waals surface area contributed by atoms with Crippen molar-refractivity contribution < 1.29 is 14.6 Å². The Morgan fingerprint density at radius 2 is 2.45 bits per heavy atom. The zero-order valence-corrected chi connectivity index (χ0v) is 6.80. The van der Waals surface area contributed by atoms with Gasteiger partial charge >= 0.3 is 5.97 Å². The summed E-state index contributed by atoms with van der Waals surface area (Å²) in [6, 6.07) is 0. The molecule has 1 atom stereocenters. The minimum Gasteiger partial charge on any atom is -0.466 e. The van der Waals surface area contributed by atoms with Crippen molar-refractivity contribution in [1.82, 2.24) is 0 Å². The van der Waals surface area contributed by atoms with Gasteiger partial charge in [0.05, 0.1) is 13.0 Å². The number of aliphatic hydroxyl groups is 1. The van der Waals surface area contributed by atoms with Crippen LogP contribution in [0.5, 0.6) is 0 Å². The van der Waals surface area contributed by atoms with Crippen molar-refractivity contribution in [3.63, 3.8) is 0 Å². The van der Waals surface area contributed by atoms with E-state index in [-0.39, 0.29) is 18.0 Å². The molecule has 0 spiro atoms. The standard InChI is InChI=1S/C8H14O3/c1-8(2-4-9)3-5-11-7(10)6-8/h9H,2-6H2,1H3/t8-/m1/s1. The summed E-state index contributed by atoms with van der Waals surface area (Å²) in [5.74, 6) is -0.132. The maximum atomic E-state index is 10.8. The van der Waals surface area contributed by atoms with Crippen LogP contribution in [0.2, 0.25) is 0 Å². The van der Waals surface area contributed by atoms with Crippen molar-refractivity contribution in [3.8, 4) is 0 Å². The Hall–Kier alpha value is -0.570. The number of aliphatic hydroxyl groups excluding tert-OH is 1. The Labute approximate surface area is 66.4 Å². The van der Waals surface area contributed by atoms with E-state index in [4.69, 9.17) is 9.84 Å². The molecule has 0 saturated carbocycles. The lowest BCUT2D eigenvalue weighted by atomic mass is 9.79. The van der Waals surface area contributed by atoms with E-state index in [9.17, 15) is 4.79 Å². The van der Waals surface area contributed by atoms with Gasteiger partial charge in [0.1, 0.15) is 0 Å². The first kappa shape index (κ1) is 8.53. The molecule has 64 valence electrons. The molecule has 3 nitrogen and oxygen atoms in total. The summed E-state index contributed by atoms with van der Waals surface area (Å²) in [5.41, 5.74) is -0.0237. The highest BCUT2D eigenvalue weighted by Gasteiger charge is 2.31. The quantitative estimate of drug-likeness (QED) is 0.602.